The second-order valence-electron chi connectivity index (χ2n) is 4.19. The van der Waals surface area contributed by atoms with Gasteiger partial charge < -0.3 is 10.6 Å². The van der Waals surface area contributed by atoms with Crippen molar-refractivity contribution < 1.29 is 18.0 Å². The zero-order valence-electron chi connectivity index (χ0n) is 8.55. The highest BCUT2D eigenvalue weighted by molar-refractivity contribution is 5.77. The van der Waals surface area contributed by atoms with Gasteiger partial charge in [0.15, 0.2) is 0 Å². The van der Waals surface area contributed by atoms with Gasteiger partial charge in [-0.15, -0.1) is 0 Å². The number of likely N-dealkylation sites (tertiary alicyclic amines) is 1. The van der Waals surface area contributed by atoms with E-state index in [9.17, 15) is 18.0 Å². The molecule has 1 heterocycles. The van der Waals surface area contributed by atoms with E-state index in [0.717, 1.165) is 6.42 Å². The van der Waals surface area contributed by atoms with Gasteiger partial charge >= 0.3 is 6.18 Å². The van der Waals surface area contributed by atoms with E-state index in [4.69, 9.17) is 5.73 Å². The predicted molar refractivity (Wildman–Crippen MR) is 49.0 cm³/mol. The van der Waals surface area contributed by atoms with Crippen molar-refractivity contribution in [1.29, 1.82) is 0 Å². The quantitative estimate of drug-likeness (QED) is 0.725. The monoisotopic (exact) mass is 224 g/mol. The molecule has 1 aliphatic heterocycles. The van der Waals surface area contributed by atoms with Gasteiger partial charge in [-0.3, -0.25) is 4.79 Å². The summed E-state index contributed by atoms with van der Waals surface area (Å²) in [6.07, 6.45) is -5.05. The lowest BCUT2D eigenvalue weighted by Gasteiger charge is -2.35. The van der Waals surface area contributed by atoms with Crippen LogP contribution in [0.25, 0.3) is 0 Å². The largest absolute Gasteiger partial charge is 0.397 e. The van der Waals surface area contributed by atoms with Crippen LogP contribution >= 0.6 is 0 Å². The average Bonchev–Trinajstić information content (AvgIpc) is 1.98. The molecule has 0 radical (unpaired) electrons. The van der Waals surface area contributed by atoms with E-state index in [2.05, 4.69) is 0 Å². The highest BCUT2D eigenvalue weighted by Gasteiger charge is 2.35. The standard InChI is InChI=1S/C9H15F3N2O/c1-6-2-7(13)5-14(4-6)8(15)3-9(10,11)12/h6-7H,2-5,13H2,1H3. The summed E-state index contributed by atoms with van der Waals surface area (Å²) in [5.74, 6) is -0.699. The first-order chi connectivity index (χ1) is 6.78. The van der Waals surface area contributed by atoms with E-state index >= 15 is 0 Å². The van der Waals surface area contributed by atoms with Gasteiger partial charge in [-0.25, -0.2) is 0 Å². The van der Waals surface area contributed by atoms with Gasteiger partial charge in [-0.1, -0.05) is 6.92 Å². The van der Waals surface area contributed by atoms with Gasteiger partial charge in [-0.05, 0) is 12.3 Å². The first-order valence-corrected chi connectivity index (χ1v) is 4.88. The fourth-order valence-electron chi connectivity index (χ4n) is 1.89. The van der Waals surface area contributed by atoms with Crippen molar-refractivity contribution in [3.63, 3.8) is 0 Å². The van der Waals surface area contributed by atoms with Crippen LogP contribution in [0.15, 0.2) is 0 Å². The minimum atomic E-state index is -4.43. The number of hydrogen-bond donors (Lipinski definition) is 1. The highest BCUT2D eigenvalue weighted by Crippen LogP contribution is 2.23. The van der Waals surface area contributed by atoms with Crippen LogP contribution < -0.4 is 5.73 Å². The molecule has 1 rings (SSSR count). The molecule has 2 N–H and O–H groups in total. The molecule has 6 heteroatoms. The van der Waals surface area contributed by atoms with Gasteiger partial charge in [0, 0.05) is 19.1 Å². The van der Waals surface area contributed by atoms with Crippen LogP contribution in [0.5, 0.6) is 0 Å². The Kier molecular flexibility index (Phi) is 3.59. The number of piperidine rings is 1. The van der Waals surface area contributed by atoms with E-state index in [1.807, 2.05) is 6.92 Å². The maximum Gasteiger partial charge on any atom is 0.397 e. The summed E-state index contributed by atoms with van der Waals surface area (Å²) in [4.78, 5) is 12.5. The second kappa shape index (κ2) is 4.38. The third-order valence-corrected chi connectivity index (χ3v) is 2.40. The van der Waals surface area contributed by atoms with Crippen molar-refractivity contribution in [2.24, 2.45) is 11.7 Å². The number of amides is 1. The molecule has 0 aliphatic carbocycles. The van der Waals surface area contributed by atoms with Crippen LogP contribution in [0.4, 0.5) is 13.2 Å². The van der Waals surface area contributed by atoms with Gasteiger partial charge in [0.1, 0.15) is 6.42 Å². The normalized spacial score (nSPS) is 27.9. The minimum Gasteiger partial charge on any atom is -0.341 e. The van der Waals surface area contributed by atoms with E-state index in [1.54, 1.807) is 0 Å². The molecule has 1 fully saturated rings. The summed E-state index contributed by atoms with van der Waals surface area (Å²) in [7, 11) is 0. The van der Waals surface area contributed by atoms with Crippen LogP contribution in [0, 0.1) is 5.92 Å². The highest BCUT2D eigenvalue weighted by atomic mass is 19.4. The van der Waals surface area contributed by atoms with Gasteiger partial charge in [0.05, 0.1) is 0 Å². The Hall–Kier alpha value is -0.780. The number of halogens is 3. The lowest BCUT2D eigenvalue weighted by Crippen LogP contribution is -2.49. The second-order valence-corrected chi connectivity index (χ2v) is 4.19. The Morgan fingerprint density at radius 2 is 2.07 bits per heavy atom. The van der Waals surface area contributed by atoms with E-state index < -0.39 is 18.5 Å². The first-order valence-electron chi connectivity index (χ1n) is 4.88. The fraction of sp³-hybridized carbons (Fsp3) is 0.889. The van der Waals surface area contributed by atoms with Crippen LogP contribution in [0.1, 0.15) is 19.8 Å². The lowest BCUT2D eigenvalue weighted by atomic mass is 9.96. The average molecular weight is 224 g/mol. The molecule has 0 aromatic heterocycles. The molecule has 1 aliphatic rings. The molecule has 0 bridgehead atoms. The zero-order chi connectivity index (χ0) is 11.6. The summed E-state index contributed by atoms with van der Waals surface area (Å²) in [6.45, 7) is 2.49. The summed E-state index contributed by atoms with van der Waals surface area (Å²) >= 11 is 0. The maximum absolute atomic E-state index is 12.0. The van der Waals surface area contributed by atoms with Gasteiger partial charge in [0.25, 0.3) is 0 Å². The Morgan fingerprint density at radius 3 is 2.53 bits per heavy atom. The van der Waals surface area contributed by atoms with E-state index in [1.165, 1.54) is 4.90 Å². The summed E-state index contributed by atoms with van der Waals surface area (Å²) in [5, 5.41) is 0. The lowest BCUT2D eigenvalue weighted by molar-refractivity contribution is -0.162. The van der Waals surface area contributed by atoms with Crippen molar-refractivity contribution in [2.75, 3.05) is 13.1 Å². The van der Waals surface area contributed by atoms with E-state index in [0.29, 0.717) is 6.54 Å². The molecule has 0 spiro atoms. The molecular weight excluding hydrogens is 209 g/mol. The molecule has 1 amide bonds. The number of alkyl halides is 3. The van der Waals surface area contributed by atoms with Crippen molar-refractivity contribution in [3.8, 4) is 0 Å². The third kappa shape index (κ3) is 4.07. The van der Waals surface area contributed by atoms with Crippen molar-refractivity contribution in [1.82, 2.24) is 4.90 Å². The van der Waals surface area contributed by atoms with Crippen LogP contribution in [-0.4, -0.2) is 36.1 Å². The molecule has 2 atom stereocenters. The van der Waals surface area contributed by atoms with Crippen molar-refractivity contribution >= 4 is 5.91 Å². The molecule has 3 nitrogen and oxygen atoms in total. The van der Waals surface area contributed by atoms with Crippen LogP contribution in [-0.2, 0) is 4.79 Å². The number of rotatable bonds is 1. The van der Waals surface area contributed by atoms with Crippen LogP contribution in [0.3, 0.4) is 0 Å². The van der Waals surface area contributed by atoms with Crippen molar-refractivity contribution in [3.05, 3.63) is 0 Å². The minimum absolute atomic E-state index is 0.172. The number of carbonyl (C=O) groups is 1. The first kappa shape index (κ1) is 12.3. The summed E-state index contributed by atoms with van der Waals surface area (Å²) in [6, 6.07) is -0.203. The van der Waals surface area contributed by atoms with Crippen LogP contribution in [0.2, 0.25) is 0 Å². The molecule has 0 saturated carbocycles. The zero-order valence-corrected chi connectivity index (χ0v) is 8.55. The Bertz CT molecular complexity index is 232. The topological polar surface area (TPSA) is 46.3 Å². The molecule has 0 aromatic carbocycles. The molecule has 2 unspecified atom stereocenters. The van der Waals surface area contributed by atoms with E-state index in [-0.39, 0.29) is 18.5 Å². The summed E-state index contributed by atoms with van der Waals surface area (Å²) < 4.78 is 35.9. The van der Waals surface area contributed by atoms with Gasteiger partial charge in [0.2, 0.25) is 5.91 Å². The maximum atomic E-state index is 12.0. The number of carbonyl (C=O) groups excluding carboxylic acids is 1. The molecule has 15 heavy (non-hydrogen) atoms. The number of hydrogen-bond acceptors (Lipinski definition) is 2. The Labute approximate surface area is 86.4 Å². The third-order valence-electron chi connectivity index (χ3n) is 2.40. The SMILES string of the molecule is CC1CC(N)CN(C(=O)CC(F)(F)F)C1. The smallest absolute Gasteiger partial charge is 0.341 e. The molecule has 88 valence electrons. The molecular formula is C9H15F3N2O. The van der Waals surface area contributed by atoms with Gasteiger partial charge in [-0.2, -0.15) is 13.2 Å². The number of nitrogens with zero attached hydrogens (tertiary/aromatic N) is 1. The summed E-state index contributed by atoms with van der Waals surface area (Å²) in [5.41, 5.74) is 5.64. The van der Waals surface area contributed by atoms with Crippen molar-refractivity contribution in [2.45, 2.75) is 32.0 Å². The fourth-order valence-corrected chi connectivity index (χ4v) is 1.89. The Morgan fingerprint density at radius 1 is 1.47 bits per heavy atom. The molecule has 1 saturated heterocycles. The predicted octanol–water partition coefficient (Wildman–Crippen LogP) is 1.13. The molecule has 0 aromatic rings. The number of nitrogens with two attached hydrogens (primary N) is 1. The Balaban J connectivity index is 2.52.